The molecule has 0 aliphatic carbocycles. The second kappa shape index (κ2) is 6.05. The zero-order valence-electron chi connectivity index (χ0n) is 14.0. The average molecular weight is 286 g/mol. The zero-order valence-corrected chi connectivity index (χ0v) is 14.0. The number of ether oxygens (including phenoxy) is 1. The molecule has 1 aliphatic rings. The number of allylic oxidation sites excluding steroid dienone is 2. The molecule has 0 aromatic heterocycles. The van der Waals surface area contributed by atoms with Crippen LogP contribution in [-0.2, 0) is 17.6 Å². The molecule has 0 amide bonds. The predicted octanol–water partition coefficient (Wildman–Crippen LogP) is 4.63. The summed E-state index contributed by atoms with van der Waals surface area (Å²) in [7, 11) is 0. The number of aryl methyl sites for hydroxylation is 2. The maximum Gasteiger partial charge on any atom is 0.165 e. The molecule has 0 unspecified atom stereocenters. The van der Waals surface area contributed by atoms with Crippen LogP contribution in [0.1, 0.15) is 51.3 Å². The summed E-state index contributed by atoms with van der Waals surface area (Å²) in [6.45, 7) is 12.3. The van der Waals surface area contributed by atoms with Crippen LogP contribution in [0.15, 0.2) is 23.5 Å². The first-order valence-corrected chi connectivity index (χ1v) is 7.92. The summed E-state index contributed by atoms with van der Waals surface area (Å²) in [5, 5.41) is 0. The van der Waals surface area contributed by atoms with Gasteiger partial charge < -0.3 is 4.74 Å². The first-order valence-electron chi connectivity index (χ1n) is 7.92. The van der Waals surface area contributed by atoms with E-state index in [-0.39, 0.29) is 17.6 Å². The molecular weight excluding hydrogens is 260 g/mol. The number of Topliss-reactive ketones (excluding diaryl/α,β-unsaturated/α-hetero) is 1. The van der Waals surface area contributed by atoms with Crippen LogP contribution in [0.25, 0.3) is 0 Å². The van der Waals surface area contributed by atoms with E-state index in [0.717, 1.165) is 29.1 Å². The Hall–Kier alpha value is -1.57. The van der Waals surface area contributed by atoms with E-state index in [2.05, 4.69) is 39.8 Å². The van der Waals surface area contributed by atoms with Crippen LogP contribution in [0.5, 0.6) is 5.75 Å². The number of carbonyl (C=O) groups excluding carboxylic acids is 1. The molecule has 2 nitrogen and oxygen atoms in total. The zero-order chi connectivity index (χ0) is 15.7. The normalized spacial score (nSPS) is 14.5. The Morgan fingerprint density at radius 1 is 1.24 bits per heavy atom. The number of ketones is 1. The molecule has 0 N–H and O–H groups in total. The first kappa shape index (κ1) is 15.8. The molecule has 0 atom stereocenters. The number of rotatable bonds is 4. The van der Waals surface area contributed by atoms with Gasteiger partial charge in [0, 0.05) is 23.8 Å². The molecule has 0 bridgehead atoms. The number of hydrogen-bond acceptors (Lipinski definition) is 2. The smallest absolute Gasteiger partial charge is 0.165 e. The Labute approximate surface area is 128 Å². The van der Waals surface area contributed by atoms with Gasteiger partial charge in [0.15, 0.2) is 5.78 Å². The molecule has 2 rings (SSSR count). The van der Waals surface area contributed by atoms with Gasteiger partial charge in [-0.3, -0.25) is 4.79 Å². The van der Waals surface area contributed by atoms with Crippen molar-refractivity contribution in [1.29, 1.82) is 0 Å². The molecular formula is C19H26O2. The molecule has 0 saturated carbocycles. The maximum absolute atomic E-state index is 12.5. The van der Waals surface area contributed by atoms with Crippen molar-refractivity contribution < 1.29 is 9.53 Å². The number of carbonyl (C=O) groups is 1. The standard InChI is InChI=1S/C19H26O2/c1-7-14-8-13(6)19-15(9-14)10-16(17(20)11(2)3)18(21-19)12(4)5/h8-9,11-12H,7,10H2,1-6H3. The van der Waals surface area contributed by atoms with Crippen molar-refractivity contribution in [2.45, 2.75) is 54.4 Å². The minimum atomic E-state index is 0.00866. The molecule has 1 heterocycles. The summed E-state index contributed by atoms with van der Waals surface area (Å²) >= 11 is 0. The van der Waals surface area contributed by atoms with E-state index in [0.29, 0.717) is 6.42 Å². The maximum atomic E-state index is 12.5. The predicted molar refractivity (Wildman–Crippen MR) is 86.6 cm³/mol. The third kappa shape index (κ3) is 3.04. The molecule has 1 aliphatic heterocycles. The van der Waals surface area contributed by atoms with Crippen LogP contribution in [0.3, 0.4) is 0 Å². The SMILES string of the molecule is CCc1cc(C)c2c(c1)CC(C(=O)C(C)C)=C(C(C)C)O2. The lowest BCUT2D eigenvalue weighted by molar-refractivity contribution is -0.118. The summed E-state index contributed by atoms with van der Waals surface area (Å²) in [4.78, 5) is 12.5. The summed E-state index contributed by atoms with van der Waals surface area (Å²) in [5.74, 6) is 2.25. The van der Waals surface area contributed by atoms with Gasteiger partial charge in [-0.05, 0) is 30.0 Å². The van der Waals surface area contributed by atoms with E-state index in [9.17, 15) is 4.79 Å². The van der Waals surface area contributed by atoms with Crippen molar-refractivity contribution in [3.05, 3.63) is 40.2 Å². The third-order valence-electron chi connectivity index (χ3n) is 4.04. The van der Waals surface area contributed by atoms with E-state index < -0.39 is 0 Å². The van der Waals surface area contributed by atoms with Gasteiger partial charge >= 0.3 is 0 Å². The average Bonchev–Trinajstić information content (AvgIpc) is 2.44. The highest BCUT2D eigenvalue weighted by Gasteiger charge is 2.28. The molecule has 0 saturated heterocycles. The van der Waals surface area contributed by atoms with Gasteiger partial charge in [0.05, 0.1) is 0 Å². The molecule has 0 fully saturated rings. The van der Waals surface area contributed by atoms with E-state index in [1.807, 2.05) is 13.8 Å². The van der Waals surface area contributed by atoms with Crippen molar-refractivity contribution in [2.24, 2.45) is 11.8 Å². The Balaban J connectivity index is 2.51. The molecule has 21 heavy (non-hydrogen) atoms. The quantitative estimate of drug-likeness (QED) is 0.806. The van der Waals surface area contributed by atoms with Crippen molar-refractivity contribution in [3.8, 4) is 5.75 Å². The van der Waals surface area contributed by atoms with Gasteiger partial charge in [0.2, 0.25) is 0 Å². The van der Waals surface area contributed by atoms with E-state index in [1.54, 1.807) is 0 Å². The van der Waals surface area contributed by atoms with Gasteiger partial charge in [-0.15, -0.1) is 0 Å². The second-order valence-electron chi connectivity index (χ2n) is 6.55. The van der Waals surface area contributed by atoms with E-state index in [1.165, 1.54) is 11.1 Å². The van der Waals surface area contributed by atoms with Crippen LogP contribution in [0.2, 0.25) is 0 Å². The Morgan fingerprint density at radius 2 is 1.90 bits per heavy atom. The highest BCUT2D eigenvalue weighted by Crippen LogP contribution is 2.37. The largest absolute Gasteiger partial charge is 0.460 e. The lowest BCUT2D eigenvalue weighted by Crippen LogP contribution is -2.23. The third-order valence-corrected chi connectivity index (χ3v) is 4.04. The van der Waals surface area contributed by atoms with Gasteiger partial charge in [0.25, 0.3) is 0 Å². The number of hydrogen-bond donors (Lipinski definition) is 0. The molecule has 1 aromatic rings. The van der Waals surface area contributed by atoms with Crippen LogP contribution in [0, 0.1) is 18.8 Å². The minimum absolute atomic E-state index is 0.00866. The fourth-order valence-electron chi connectivity index (χ4n) is 2.88. The summed E-state index contributed by atoms with van der Waals surface area (Å²) in [5.41, 5.74) is 4.48. The van der Waals surface area contributed by atoms with Crippen LogP contribution in [0.4, 0.5) is 0 Å². The van der Waals surface area contributed by atoms with Crippen LogP contribution in [-0.4, -0.2) is 5.78 Å². The fraction of sp³-hybridized carbons (Fsp3) is 0.526. The summed E-state index contributed by atoms with van der Waals surface area (Å²) in [6, 6.07) is 4.37. The van der Waals surface area contributed by atoms with Gasteiger partial charge in [-0.2, -0.15) is 0 Å². The number of fused-ring (bicyclic) bond motifs is 1. The lowest BCUT2D eigenvalue weighted by atomic mass is 9.87. The molecule has 0 spiro atoms. The first-order chi connectivity index (χ1) is 9.85. The van der Waals surface area contributed by atoms with Crippen molar-refractivity contribution in [1.82, 2.24) is 0 Å². The van der Waals surface area contributed by atoms with Gasteiger partial charge in [-0.25, -0.2) is 0 Å². The molecule has 1 aromatic carbocycles. The van der Waals surface area contributed by atoms with E-state index in [4.69, 9.17) is 4.74 Å². The molecule has 114 valence electrons. The van der Waals surface area contributed by atoms with Gasteiger partial charge in [-0.1, -0.05) is 46.8 Å². The molecule has 2 heteroatoms. The topological polar surface area (TPSA) is 26.3 Å². The highest BCUT2D eigenvalue weighted by atomic mass is 16.5. The monoisotopic (exact) mass is 286 g/mol. The Kier molecular flexibility index (Phi) is 4.55. The van der Waals surface area contributed by atoms with Crippen LogP contribution >= 0.6 is 0 Å². The van der Waals surface area contributed by atoms with Crippen molar-refractivity contribution in [3.63, 3.8) is 0 Å². The highest BCUT2D eigenvalue weighted by molar-refractivity contribution is 5.98. The van der Waals surface area contributed by atoms with Crippen LogP contribution < -0.4 is 4.74 Å². The summed E-state index contributed by atoms with van der Waals surface area (Å²) in [6.07, 6.45) is 1.71. The summed E-state index contributed by atoms with van der Waals surface area (Å²) < 4.78 is 6.17. The molecule has 0 radical (unpaired) electrons. The van der Waals surface area contributed by atoms with Crippen molar-refractivity contribution >= 4 is 5.78 Å². The fourth-order valence-corrected chi connectivity index (χ4v) is 2.88. The second-order valence-corrected chi connectivity index (χ2v) is 6.55. The number of benzene rings is 1. The Morgan fingerprint density at radius 3 is 2.43 bits per heavy atom. The minimum Gasteiger partial charge on any atom is -0.460 e. The van der Waals surface area contributed by atoms with Crippen molar-refractivity contribution in [2.75, 3.05) is 0 Å². The Bertz CT molecular complexity index is 592. The van der Waals surface area contributed by atoms with E-state index >= 15 is 0 Å². The van der Waals surface area contributed by atoms with Gasteiger partial charge in [0.1, 0.15) is 11.5 Å². The lowest BCUT2D eigenvalue weighted by Gasteiger charge is -2.27.